The first kappa shape index (κ1) is 14.1. The number of aromatic nitrogens is 1. The van der Waals surface area contributed by atoms with Crippen LogP contribution in [0, 0.1) is 5.92 Å². The van der Waals surface area contributed by atoms with Crippen molar-refractivity contribution >= 4 is 22.9 Å². The number of nitrogens with zero attached hydrogens (tertiary/aromatic N) is 1. The molecule has 2 heterocycles. The molecule has 1 aliphatic rings. The van der Waals surface area contributed by atoms with Crippen LogP contribution in [-0.2, 0) is 19.5 Å². The Labute approximate surface area is 128 Å². The molecule has 110 valence electrons. The van der Waals surface area contributed by atoms with Crippen LogP contribution >= 0.6 is 11.3 Å². The van der Waals surface area contributed by atoms with Crippen LogP contribution in [0.15, 0.2) is 24.4 Å². The summed E-state index contributed by atoms with van der Waals surface area (Å²) in [4.78, 5) is 17.3. The second-order valence-electron chi connectivity index (χ2n) is 5.69. The minimum Gasteiger partial charge on any atom is -0.380 e. The summed E-state index contributed by atoms with van der Waals surface area (Å²) in [5.74, 6) is 0.650. The highest BCUT2D eigenvalue weighted by atomic mass is 32.1. The fourth-order valence-electron chi connectivity index (χ4n) is 2.48. The van der Waals surface area contributed by atoms with E-state index >= 15 is 0 Å². The lowest BCUT2D eigenvalue weighted by Crippen LogP contribution is -2.12. The van der Waals surface area contributed by atoms with Crippen molar-refractivity contribution in [2.45, 2.75) is 33.4 Å². The molecule has 4 nitrogen and oxygen atoms in total. The van der Waals surface area contributed by atoms with Gasteiger partial charge in [0.15, 0.2) is 0 Å². The molecule has 0 saturated heterocycles. The van der Waals surface area contributed by atoms with Gasteiger partial charge in [-0.05, 0) is 18.1 Å². The van der Waals surface area contributed by atoms with Gasteiger partial charge >= 0.3 is 0 Å². The Kier molecular flexibility index (Phi) is 3.92. The van der Waals surface area contributed by atoms with Gasteiger partial charge in [-0.1, -0.05) is 19.9 Å². The first-order chi connectivity index (χ1) is 10.1. The number of carbonyl (C=O) groups is 1. The third-order valence-corrected chi connectivity index (χ3v) is 4.50. The number of nitrogens with one attached hydrogen (secondary N) is 2. The van der Waals surface area contributed by atoms with Gasteiger partial charge in [0.05, 0.1) is 11.6 Å². The first-order valence-electron chi connectivity index (χ1n) is 7.21. The van der Waals surface area contributed by atoms with E-state index in [1.165, 1.54) is 9.88 Å². The molecule has 0 spiro atoms. The molecule has 5 heteroatoms. The van der Waals surface area contributed by atoms with E-state index in [-0.39, 0.29) is 5.91 Å². The molecular weight excluding hydrogens is 282 g/mol. The van der Waals surface area contributed by atoms with E-state index in [1.54, 1.807) is 11.3 Å². The van der Waals surface area contributed by atoms with Crippen LogP contribution in [0.25, 0.3) is 0 Å². The number of hydrogen-bond acceptors (Lipinski definition) is 4. The van der Waals surface area contributed by atoms with Crippen molar-refractivity contribution in [2.75, 3.05) is 5.32 Å². The van der Waals surface area contributed by atoms with Crippen molar-refractivity contribution in [3.05, 3.63) is 45.4 Å². The fraction of sp³-hybridized carbons (Fsp3) is 0.375. The SMILES string of the molecule is CC(C)Cc1ncc(CNc2cccc3c2CNC3=O)s1. The molecule has 1 aliphatic heterocycles. The maximum Gasteiger partial charge on any atom is 0.251 e. The zero-order chi connectivity index (χ0) is 14.8. The second-order valence-corrected chi connectivity index (χ2v) is 6.89. The van der Waals surface area contributed by atoms with E-state index in [2.05, 4.69) is 29.5 Å². The lowest BCUT2D eigenvalue weighted by molar-refractivity contribution is 0.0966. The average molecular weight is 301 g/mol. The van der Waals surface area contributed by atoms with Crippen LogP contribution in [0.2, 0.25) is 0 Å². The van der Waals surface area contributed by atoms with E-state index < -0.39 is 0 Å². The van der Waals surface area contributed by atoms with Gasteiger partial charge in [0.25, 0.3) is 5.91 Å². The number of amides is 1. The highest BCUT2D eigenvalue weighted by Crippen LogP contribution is 2.25. The first-order valence-corrected chi connectivity index (χ1v) is 8.02. The molecule has 0 aliphatic carbocycles. The van der Waals surface area contributed by atoms with Gasteiger partial charge in [-0.3, -0.25) is 4.79 Å². The molecule has 2 aromatic rings. The second kappa shape index (κ2) is 5.85. The predicted molar refractivity (Wildman–Crippen MR) is 85.6 cm³/mol. The Morgan fingerprint density at radius 2 is 2.29 bits per heavy atom. The van der Waals surface area contributed by atoms with Crippen LogP contribution in [0.3, 0.4) is 0 Å². The van der Waals surface area contributed by atoms with Crippen molar-refractivity contribution in [1.29, 1.82) is 0 Å². The monoisotopic (exact) mass is 301 g/mol. The zero-order valence-electron chi connectivity index (χ0n) is 12.3. The topological polar surface area (TPSA) is 54.0 Å². The summed E-state index contributed by atoms with van der Waals surface area (Å²) < 4.78 is 0. The number of anilines is 1. The van der Waals surface area contributed by atoms with Crippen molar-refractivity contribution in [2.24, 2.45) is 5.92 Å². The molecular formula is C16H19N3OS. The van der Waals surface area contributed by atoms with E-state index in [4.69, 9.17) is 0 Å². The van der Waals surface area contributed by atoms with Crippen molar-refractivity contribution < 1.29 is 4.79 Å². The molecule has 1 aromatic carbocycles. The molecule has 3 rings (SSSR count). The van der Waals surface area contributed by atoms with E-state index in [0.29, 0.717) is 12.5 Å². The summed E-state index contributed by atoms with van der Waals surface area (Å²) in [5.41, 5.74) is 2.88. The molecule has 0 saturated carbocycles. The van der Waals surface area contributed by atoms with Gasteiger partial charge in [0.1, 0.15) is 0 Å². The number of carbonyl (C=O) groups excluding carboxylic acids is 1. The largest absolute Gasteiger partial charge is 0.380 e. The van der Waals surface area contributed by atoms with Crippen LogP contribution < -0.4 is 10.6 Å². The Bertz CT molecular complexity index is 663. The molecule has 0 fully saturated rings. The summed E-state index contributed by atoms with van der Waals surface area (Å²) in [5, 5.41) is 7.48. The maximum absolute atomic E-state index is 11.7. The predicted octanol–water partition coefficient (Wildman–Crippen LogP) is 3.20. The Hall–Kier alpha value is -1.88. The molecule has 1 aromatic heterocycles. The molecule has 0 atom stereocenters. The molecule has 2 N–H and O–H groups in total. The molecule has 0 bridgehead atoms. The summed E-state index contributed by atoms with van der Waals surface area (Å²) in [7, 11) is 0. The number of hydrogen-bond donors (Lipinski definition) is 2. The quantitative estimate of drug-likeness (QED) is 0.891. The summed E-state index contributed by atoms with van der Waals surface area (Å²) in [6, 6.07) is 5.81. The van der Waals surface area contributed by atoms with Gasteiger partial charge < -0.3 is 10.6 Å². The zero-order valence-corrected chi connectivity index (χ0v) is 13.1. The van der Waals surface area contributed by atoms with E-state index in [0.717, 1.165) is 29.8 Å². The number of benzene rings is 1. The highest BCUT2D eigenvalue weighted by Gasteiger charge is 2.21. The molecule has 1 amide bonds. The van der Waals surface area contributed by atoms with E-state index in [9.17, 15) is 4.79 Å². The third kappa shape index (κ3) is 3.08. The minimum atomic E-state index is 0.0191. The van der Waals surface area contributed by atoms with Crippen LogP contribution in [0.4, 0.5) is 5.69 Å². The fourth-order valence-corrected chi connectivity index (χ4v) is 3.55. The lowest BCUT2D eigenvalue weighted by Gasteiger charge is -2.08. The van der Waals surface area contributed by atoms with Gasteiger partial charge in [0.2, 0.25) is 0 Å². The number of thiazole rings is 1. The third-order valence-electron chi connectivity index (χ3n) is 3.48. The highest BCUT2D eigenvalue weighted by molar-refractivity contribution is 7.11. The van der Waals surface area contributed by atoms with Gasteiger partial charge in [0, 0.05) is 40.9 Å². The minimum absolute atomic E-state index is 0.0191. The summed E-state index contributed by atoms with van der Waals surface area (Å²) in [6.45, 7) is 5.77. The van der Waals surface area contributed by atoms with Crippen LogP contribution in [-0.4, -0.2) is 10.9 Å². The molecule has 21 heavy (non-hydrogen) atoms. The van der Waals surface area contributed by atoms with Crippen molar-refractivity contribution in [1.82, 2.24) is 10.3 Å². The van der Waals surface area contributed by atoms with E-state index in [1.807, 2.05) is 24.4 Å². The maximum atomic E-state index is 11.7. The number of fused-ring (bicyclic) bond motifs is 1. The normalized spacial score (nSPS) is 13.4. The standard InChI is InChI=1S/C16H19N3OS/c1-10(2)6-15-18-8-11(21-15)7-17-14-5-3-4-12-13(14)9-19-16(12)20/h3-5,8,10,17H,6-7,9H2,1-2H3,(H,19,20). The smallest absolute Gasteiger partial charge is 0.251 e. The van der Waals surface area contributed by atoms with Gasteiger partial charge in [-0.25, -0.2) is 4.98 Å². The summed E-state index contributed by atoms with van der Waals surface area (Å²) >= 11 is 1.76. The van der Waals surface area contributed by atoms with Gasteiger partial charge in [-0.15, -0.1) is 11.3 Å². The molecule has 0 unspecified atom stereocenters. The molecule has 0 radical (unpaired) electrons. The summed E-state index contributed by atoms with van der Waals surface area (Å²) in [6.07, 6.45) is 2.98. The van der Waals surface area contributed by atoms with Crippen LogP contribution in [0.5, 0.6) is 0 Å². The lowest BCUT2D eigenvalue weighted by atomic mass is 10.1. The Morgan fingerprint density at radius 1 is 1.43 bits per heavy atom. The van der Waals surface area contributed by atoms with Crippen molar-refractivity contribution in [3.8, 4) is 0 Å². The Balaban J connectivity index is 1.68. The van der Waals surface area contributed by atoms with Crippen molar-refractivity contribution in [3.63, 3.8) is 0 Å². The van der Waals surface area contributed by atoms with Crippen LogP contribution in [0.1, 0.15) is 39.7 Å². The average Bonchev–Trinajstić information content (AvgIpc) is 3.04. The number of rotatable bonds is 5. The van der Waals surface area contributed by atoms with Gasteiger partial charge in [-0.2, -0.15) is 0 Å². The Morgan fingerprint density at radius 3 is 3.10 bits per heavy atom.